The molecule has 0 atom stereocenters. The summed E-state index contributed by atoms with van der Waals surface area (Å²) in [6.07, 6.45) is 1.97. The van der Waals surface area contributed by atoms with Crippen molar-refractivity contribution in [3.05, 3.63) is 37.4 Å². The number of nitrogens with one attached hydrogen (secondary N) is 1. The molecule has 4 nitrogen and oxygen atoms in total. The van der Waals surface area contributed by atoms with Crippen LogP contribution in [-0.2, 0) is 12.1 Å². The van der Waals surface area contributed by atoms with E-state index in [1.165, 1.54) is 0 Å². The molecule has 1 heterocycles. The first-order valence-corrected chi connectivity index (χ1v) is 8.45. The van der Waals surface area contributed by atoms with Gasteiger partial charge in [-0.15, -0.1) is 5.10 Å². The lowest BCUT2D eigenvalue weighted by Crippen LogP contribution is -2.22. The van der Waals surface area contributed by atoms with Crippen molar-refractivity contribution < 1.29 is 0 Å². The quantitative estimate of drug-likeness (QED) is 0.697. The fourth-order valence-electron chi connectivity index (χ4n) is 1.60. The average molecular weight is 467 g/mol. The molecule has 0 amide bonds. The maximum Gasteiger partial charge on any atom is 0.102 e. The molecule has 108 valence electrons. The zero-order valence-corrected chi connectivity index (χ0v) is 16.2. The largest absolute Gasteiger partial charge is 0.377 e. The van der Waals surface area contributed by atoms with E-state index in [0.29, 0.717) is 6.54 Å². The van der Waals surface area contributed by atoms with Crippen LogP contribution in [0.1, 0.15) is 26.5 Å². The summed E-state index contributed by atoms with van der Waals surface area (Å²) in [6, 6.07) is 4.00. The van der Waals surface area contributed by atoms with Gasteiger partial charge in [0.15, 0.2) is 0 Å². The van der Waals surface area contributed by atoms with E-state index in [2.05, 4.69) is 84.2 Å². The topological polar surface area (TPSA) is 42.7 Å². The Morgan fingerprint density at radius 1 is 1.15 bits per heavy atom. The number of rotatable bonds is 3. The van der Waals surface area contributed by atoms with E-state index in [1.807, 2.05) is 23.0 Å². The van der Waals surface area contributed by atoms with Gasteiger partial charge >= 0.3 is 0 Å². The van der Waals surface area contributed by atoms with Crippen LogP contribution in [0.25, 0.3) is 0 Å². The van der Waals surface area contributed by atoms with Crippen LogP contribution in [0.15, 0.2) is 31.7 Å². The molecule has 0 unspecified atom stereocenters. The maximum absolute atomic E-state index is 4.19. The van der Waals surface area contributed by atoms with Crippen molar-refractivity contribution >= 4 is 53.5 Å². The van der Waals surface area contributed by atoms with Gasteiger partial charge in [0, 0.05) is 13.4 Å². The molecule has 0 saturated carbocycles. The number of hydrogen-bond acceptors (Lipinski definition) is 3. The summed E-state index contributed by atoms with van der Waals surface area (Å²) in [4.78, 5) is 0. The van der Waals surface area contributed by atoms with E-state index < -0.39 is 0 Å². The monoisotopic (exact) mass is 464 g/mol. The molecular weight excluding hydrogens is 452 g/mol. The van der Waals surface area contributed by atoms with Gasteiger partial charge in [0.05, 0.1) is 24.0 Å². The third-order valence-corrected chi connectivity index (χ3v) is 4.39. The van der Waals surface area contributed by atoms with Gasteiger partial charge in [-0.2, -0.15) is 0 Å². The van der Waals surface area contributed by atoms with E-state index in [-0.39, 0.29) is 5.54 Å². The molecule has 0 fully saturated rings. The van der Waals surface area contributed by atoms with Gasteiger partial charge in [0.2, 0.25) is 0 Å². The highest BCUT2D eigenvalue weighted by Crippen LogP contribution is 2.34. The fourth-order valence-corrected chi connectivity index (χ4v) is 4.14. The first-order valence-electron chi connectivity index (χ1n) is 6.07. The van der Waals surface area contributed by atoms with Crippen LogP contribution >= 0.6 is 47.8 Å². The molecule has 0 radical (unpaired) electrons. The standard InChI is InChI=1S/C13H15Br3N4/c1-13(2,3)20-7-9(18-19-20)6-17-12-10(15)4-8(14)5-11(12)16/h4-5,7,17H,6H2,1-3H3. The Morgan fingerprint density at radius 3 is 2.25 bits per heavy atom. The second kappa shape index (κ2) is 6.15. The first-order chi connectivity index (χ1) is 9.27. The third kappa shape index (κ3) is 3.83. The Hall–Kier alpha value is -0.400. The lowest BCUT2D eigenvalue weighted by molar-refractivity contribution is 0.347. The van der Waals surface area contributed by atoms with Crippen LogP contribution in [0.3, 0.4) is 0 Å². The molecule has 2 aromatic rings. The smallest absolute Gasteiger partial charge is 0.102 e. The number of aromatic nitrogens is 3. The molecule has 1 aromatic heterocycles. The first kappa shape index (κ1) is 16.0. The van der Waals surface area contributed by atoms with Crippen molar-refractivity contribution in [3.8, 4) is 0 Å². The van der Waals surface area contributed by atoms with Gasteiger partial charge in [0.25, 0.3) is 0 Å². The second-order valence-corrected chi connectivity index (χ2v) is 8.05. The lowest BCUT2D eigenvalue weighted by Gasteiger charge is -2.17. The van der Waals surface area contributed by atoms with Gasteiger partial charge in [-0.3, -0.25) is 0 Å². The maximum atomic E-state index is 4.19. The molecule has 0 aliphatic carbocycles. The molecule has 7 heteroatoms. The Kier molecular flexibility index (Phi) is 4.92. The number of hydrogen-bond donors (Lipinski definition) is 1. The summed E-state index contributed by atoms with van der Waals surface area (Å²) in [5, 5.41) is 11.7. The molecule has 2 rings (SSSR count). The highest BCUT2D eigenvalue weighted by atomic mass is 79.9. The summed E-state index contributed by atoms with van der Waals surface area (Å²) < 4.78 is 4.86. The van der Waals surface area contributed by atoms with Crippen LogP contribution in [0.4, 0.5) is 5.69 Å². The van der Waals surface area contributed by atoms with Crippen LogP contribution in [-0.4, -0.2) is 15.0 Å². The summed E-state index contributed by atoms with van der Waals surface area (Å²) in [7, 11) is 0. The van der Waals surface area contributed by atoms with Crippen LogP contribution < -0.4 is 5.32 Å². The number of halogens is 3. The Morgan fingerprint density at radius 2 is 1.75 bits per heavy atom. The van der Waals surface area contributed by atoms with E-state index in [4.69, 9.17) is 0 Å². The number of anilines is 1. The SMILES string of the molecule is CC(C)(C)n1cc(CNc2c(Br)cc(Br)cc2Br)nn1. The van der Waals surface area contributed by atoms with E-state index in [9.17, 15) is 0 Å². The molecule has 0 spiro atoms. The van der Waals surface area contributed by atoms with Gasteiger partial charge in [-0.25, -0.2) is 4.68 Å². The third-order valence-electron chi connectivity index (χ3n) is 2.68. The lowest BCUT2D eigenvalue weighted by atomic mass is 10.1. The van der Waals surface area contributed by atoms with Crippen molar-refractivity contribution in [2.75, 3.05) is 5.32 Å². The average Bonchev–Trinajstić information content (AvgIpc) is 2.75. The number of benzene rings is 1. The van der Waals surface area contributed by atoms with Crippen LogP contribution in [0, 0.1) is 0 Å². The summed E-state index contributed by atoms with van der Waals surface area (Å²) in [5.41, 5.74) is 1.85. The fraction of sp³-hybridized carbons (Fsp3) is 0.385. The van der Waals surface area contributed by atoms with Crippen molar-refractivity contribution in [2.45, 2.75) is 32.9 Å². The summed E-state index contributed by atoms with van der Waals surface area (Å²) in [6.45, 7) is 6.91. The highest BCUT2D eigenvalue weighted by Gasteiger charge is 2.15. The van der Waals surface area contributed by atoms with E-state index in [1.54, 1.807) is 0 Å². The highest BCUT2D eigenvalue weighted by molar-refractivity contribution is 9.11. The van der Waals surface area contributed by atoms with Gasteiger partial charge in [-0.1, -0.05) is 21.1 Å². The van der Waals surface area contributed by atoms with Crippen molar-refractivity contribution in [2.24, 2.45) is 0 Å². The minimum absolute atomic E-state index is 0.0516. The van der Waals surface area contributed by atoms with Crippen molar-refractivity contribution in [3.63, 3.8) is 0 Å². The van der Waals surface area contributed by atoms with Gasteiger partial charge in [-0.05, 0) is 64.8 Å². The molecule has 0 saturated heterocycles. The molecule has 1 aromatic carbocycles. The predicted molar refractivity (Wildman–Crippen MR) is 91.9 cm³/mol. The van der Waals surface area contributed by atoms with Crippen molar-refractivity contribution in [1.29, 1.82) is 0 Å². The van der Waals surface area contributed by atoms with E-state index >= 15 is 0 Å². The van der Waals surface area contributed by atoms with Gasteiger partial charge < -0.3 is 5.32 Å². The molecule has 0 aliphatic heterocycles. The minimum Gasteiger partial charge on any atom is -0.377 e. The normalized spacial score (nSPS) is 11.7. The summed E-state index contributed by atoms with van der Waals surface area (Å²) >= 11 is 10.5. The van der Waals surface area contributed by atoms with Gasteiger partial charge in [0.1, 0.15) is 5.69 Å². The van der Waals surface area contributed by atoms with Crippen LogP contribution in [0.2, 0.25) is 0 Å². The molecule has 1 N–H and O–H groups in total. The summed E-state index contributed by atoms with van der Waals surface area (Å²) in [5.74, 6) is 0. The molecular formula is C13H15Br3N4. The predicted octanol–water partition coefficient (Wildman–Crippen LogP) is 4.93. The minimum atomic E-state index is -0.0516. The zero-order chi connectivity index (χ0) is 14.9. The van der Waals surface area contributed by atoms with E-state index in [0.717, 1.165) is 24.8 Å². The van der Waals surface area contributed by atoms with Crippen LogP contribution in [0.5, 0.6) is 0 Å². The van der Waals surface area contributed by atoms with Crippen molar-refractivity contribution in [1.82, 2.24) is 15.0 Å². The second-order valence-electron chi connectivity index (χ2n) is 5.42. The Balaban J connectivity index is 2.12. The molecule has 0 aliphatic rings. The number of nitrogens with zero attached hydrogens (tertiary/aromatic N) is 3. The molecule has 20 heavy (non-hydrogen) atoms. The zero-order valence-electron chi connectivity index (χ0n) is 11.4. The Bertz CT molecular complexity index is 593. The molecule has 0 bridgehead atoms. The Labute approximate surface area is 143 Å².